The first-order valence-corrected chi connectivity index (χ1v) is 3.90. The Morgan fingerprint density at radius 2 is 2.50 bits per heavy atom. The molecule has 1 atom stereocenters. The lowest BCUT2D eigenvalue weighted by Crippen LogP contribution is -2.22. The number of rotatable bonds is 2. The molecule has 0 aromatic heterocycles. The van der Waals surface area contributed by atoms with Crippen LogP contribution >= 0.6 is 0 Å². The van der Waals surface area contributed by atoms with Crippen molar-refractivity contribution in [3.05, 3.63) is 24.3 Å². The molecule has 1 saturated heterocycles. The Morgan fingerprint density at radius 1 is 1.70 bits per heavy atom. The summed E-state index contributed by atoms with van der Waals surface area (Å²) in [5.41, 5.74) is 1.34. The Kier molecular flexibility index (Phi) is 2.69. The molecule has 1 rings (SSSR count). The molecule has 0 aromatic rings. The van der Waals surface area contributed by atoms with E-state index in [1.807, 2.05) is 6.08 Å². The first kappa shape index (κ1) is 7.55. The molecule has 0 saturated carbocycles. The summed E-state index contributed by atoms with van der Waals surface area (Å²) in [4.78, 5) is 0. The number of hydrogen-bond acceptors (Lipinski definition) is 1. The molecule has 0 spiro atoms. The fourth-order valence-corrected chi connectivity index (χ4v) is 1.43. The van der Waals surface area contributed by atoms with Gasteiger partial charge in [-0.25, -0.2) is 0 Å². The summed E-state index contributed by atoms with van der Waals surface area (Å²) in [6.07, 6.45) is 6.65. The lowest BCUT2D eigenvalue weighted by molar-refractivity contribution is 0.702. The standard InChI is InChI=1S/C9H15N/c1-3-8(4-2)9-6-5-7-10-9/h3-4,9-10H,1,5-7H2,2H3/b8-4+. The molecule has 1 heterocycles. The third kappa shape index (κ3) is 1.48. The maximum absolute atomic E-state index is 3.77. The largest absolute Gasteiger partial charge is 0.310 e. The van der Waals surface area contributed by atoms with Crippen LogP contribution in [0.3, 0.4) is 0 Å². The van der Waals surface area contributed by atoms with Crippen molar-refractivity contribution in [2.45, 2.75) is 25.8 Å². The minimum Gasteiger partial charge on any atom is -0.310 e. The average molecular weight is 137 g/mol. The SMILES string of the molecule is C=C/C(=C\C)C1CCCN1. The zero-order valence-corrected chi connectivity index (χ0v) is 6.56. The Balaban J connectivity index is 2.53. The van der Waals surface area contributed by atoms with Crippen LogP contribution < -0.4 is 5.32 Å². The highest BCUT2D eigenvalue weighted by molar-refractivity contribution is 5.22. The van der Waals surface area contributed by atoms with Gasteiger partial charge < -0.3 is 5.32 Å². The van der Waals surface area contributed by atoms with Crippen LogP contribution in [0.5, 0.6) is 0 Å². The van der Waals surface area contributed by atoms with Gasteiger partial charge in [0.2, 0.25) is 0 Å². The van der Waals surface area contributed by atoms with E-state index in [1.165, 1.54) is 18.4 Å². The molecule has 1 aliphatic heterocycles. The van der Waals surface area contributed by atoms with E-state index in [2.05, 4.69) is 24.9 Å². The molecule has 0 radical (unpaired) electrons. The second-order valence-electron chi connectivity index (χ2n) is 2.64. The summed E-state index contributed by atoms with van der Waals surface area (Å²) in [5, 5.41) is 3.42. The van der Waals surface area contributed by atoms with E-state index in [-0.39, 0.29) is 0 Å². The van der Waals surface area contributed by atoms with Crippen LogP contribution in [-0.4, -0.2) is 12.6 Å². The smallest absolute Gasteiger partial charge is 0.0317 e. The van der Waals surface area contributed by atoms with Crippen LogP contribution in [0.1, 0.15) is 19.8 Å². The van der Waals surface area contributed by atoms with E-state index >= 15 is 0 Å². The molecule has 56 valence electrons. The number of nitrogens with one attached hydrogen (secondary N) is 1. The van der Waals surface area contributed by atoms with E-state index in [4.69, 9.17) is 0 Å². The topological polar surface area (TPSA) is 12.0 Å². The van der Waals surface area contributed by atoms with Gasteiger partial charge in [-0.15, -0.1) is 0 Å². The molecule has 0 amide bonds. The van der Waals surface area contributed by atoms with Gasteiger partial charge in [0, 0.05) is 6.04 Å². The molecule has 1 aliphatic rings. The Hall–Kier alpha value is -0.560. The minimum absolute atomic E-state index is 0.586. The lowest BCUT2D eigenvalue weighted by atomic mass is 10.1. The summed E-state index contributed by atoms with van der Waals surface area (Å²) < 4.78 is 0. The highest BCUT2D eigenvalue weighted by Gasteiger charge is 2.14. The van der Waals surface area contributed by atoms with Crippen LogP contribution in [-0.2, 0) is 0 Å². The van der Waals surface area contributed by atoms with Gasteiger partial charge in [0.1, 0.15) is 0 Å². The van der Waals surface area contributed by atoms with Crippen molar-refractivity contribution in [1.29, 1.82) is 0 Å². The predicted molar refractivity (Wildman–Crippen MR) is 45.0 cm³/mol. The molecule has 1 nitrogen and oxygen atoms in total. The van der Waals surface area contributed by atoms with E-state index in [1.54, 1.807) is 0 Å². The molecular formula is C9H15N. The van der Waals surface area contributed by atoms with E-state index in [9.17, 15) is 0 Å². The lowest BCUT2D eigenvalue weighted by Gasteiger charge is -2.09. The Bertz CT molecular complexity index is 141. The average Bonchev–Trinajstić information content (AvgIpc) is 2.43. The quantitative estimate of drug-likeness (QED) is 0.573. The minimum atomic E-state index is 0.586. The van der Waals surface area contributed by atoms with Crippen molar-refractivity contribution in [2.75, 3.05) is 6.54 Å². The molecule has 1 fully saturated rings. The molecule has 0 aromatic carbocycles. The second kappa shape index (κ2) is 3.57. The van der Waals surface area contributed by atoms with Crippen molar-refractivity contribution in [1.82, 2.24) is 5.32 Å². The van der Waals surface area contributed by atoms with Gasteiger partial charge in [-0.1, -0.05) is 18.7 Å². The number of hydrogen-bond donors (Lipinski definition) is 1. The van der Waals surface area contributed by atoms with Crippen LogP contribution in [0.25, 0.3) is 0 Å². The zero-order chi connectivity index (χ0) is 7.40. The summed E-state index contributed by atoms with van der Waals surface area (Å²) in [5.74, 6) is 0. The summed E-state index contributed by atoms with van der Waals surface area (Å²) in [7, 11) is 0. The Morgan fingerprint density at radius 3 is 2.90 bits per heavy atom. The van der Waals surface area contributed by atoms with E-state index in [0.717, 1.165) is 6.54 Å². The van der Waals surface area contributed by atoms with E-state index < -0.39 is 0 Å². The van der Waals surface area contributed by atoms with Crippen molar-refractivity contribution in [3.8, 4) is 0 Å². The first-order chi connectivity index (χ1) is 4.88. The monoisotopic (exact) mass is 137 g/mol. The zero-order valence-electron chi connectivity index (χ0n) is 6.56. The Labute approximate surface area is 62.8 Å². The number of allylic oxidation sites excluding steroid dienone is 1. The molecule has 1 heteroatoms. The van der Waals surface area contributed by atoms with Gasteiger partial charge in [-0.2, -0.15) is 0 Å². The first-order valence-electron chi connectivity index (χ1n) is 3.90. The summed E-state index contributed by atoms with van der Waals surface area (Å²) in [6.45, 7) is 7.00. The molecular weight excluding hydrogens is 122 g/mol. The van der Waals surface area contributed by atoms with Gasteiger partial charge in [0.25, 0.3) is 0 Å². The maximum Gasteiger partial charge on any atom is 0.0317 e. The molecule has 10 heavy (non-hydrogen) atoms. The normalized spacial score (nSPS) is 26.9. The fourth-order valence-electron chi connectivity index (χ4n) is 1.43. The van der Waals surface area contributed by atoms with E-state index in [0.29, 0.717) is 6.04 Å². The predicted octanol–water partition coefficient (Wildman–Crippen LogP) is 1.87. The highest BCUT2D eigenvalue weighted by Crippen LogP contribution is 2.14. The van der Waals surface area contributed by atoms with Crippen LogP contribution in [0.2, 0.25) is 0 Å². The van der Waals surface area contributed by atoms with Crippen molar-refractivity contribution in [3.63, 3.8) is 0 Å². The second-order valence-corrected chi connectivity index (χ2v) is 2.64. The molecule has 0 bridgehead atoms. The van der Waals surface area contributed by atoms with Gasteiger partial charge in [-0.3, -0.25) is 0 Å². The molecule has 1 unspecified atom stereocenters. The van der Waals surface area contributed by atoms with Gasteiger partial charge in [0.15, 0.2) is 0 Å². The third-order valence-corrected chi connectivity index (χ3v) is 2.03. The van der Waals surface area contributed by atoms with Crippen molar-refractivity contribution >= 4 is 0 Å². The molecule has 0 aliphatic carbocycles. The van der Waals surface area contributed by atoms with Gasteiger partial charge in [0.05, 0.1) is 0 Å². The fraction of sp³-hybridized carbons (Fsp3) is 0.556. The van der Waals surface area contributed by atoms with Crippen LogP contribution in [0.15, 0.2) is 24.3 Å². The summed E-state index contributed by atoms with van der Waals surface area (Å²) in [6, 6.07) is 0.586. The molecule has 1 N–H and O–H groups in total. The van der Waals surface area contributed by atoms with Crippen LogP contribution in [0.4, 0.5) is 0 Å². The van der Waals surface area contributed by atoms with Crippen LogP contribution in [0, 0.1) is 0 Å². The highest BCUT2D eigenvalue weighted by atomic mass is 14.9. The maximum atomic E-state index is 3.77. The van der Waals surface area contributed by atoms with Crippen molar-refractivity contribution < 1.29 is 0 Å². The van der Waals surface area contributed by atoms with Gasteiger partial charge >= 0.3 is 0 Å². The third-order valence-electron chi connectivity index (χ3n) is 2.03. The van der Waals surface area contributed by atoms with Gasteiger partial charge in [-0.05, 0) is 31.9 Å². The van der Waals surface area contributed by atoms with Crippen molar-refractivity contribution in [2.24, 2.45) is 0 Å². The summed E-state index contributed by atoms with van der Waals surface area (Å²) >= 11 is 0.